The predicted molar refractivity (Wildman–Crippen MR) is 116 cm³/mol. The monoisotopic (exact) mass is 433 g/mol. The van der Waals surface area contributed by atoms with Crippen molar-refractivity contribution in [3.05, 3.63) is 0 Å². The van der Waals surface area contributed by atoms with Gasteiger partial charge >= 0.3 is 5.97 Å². The number of carbonyl (C=O) groups excluding carboxylic acids is 2. The molecule has 0 amide bonds. The highest BCUT2D eigenvalue weighted by Crippen LogP contribution is 2.67. The summed E-state index contributed by atoms with van der Waals surface area (Å²) in [4.78, 5) is 37.3. The number of fused-ring (bicyclic) bond motifs is 5. The average Bonchev–Trinajstić information content (AvgIpc) is 3.23. The summed E-state index contributed by atoms with van der Waals surface area (Å²) in [5, 5.41) is 12.9. The fourth-order valence-electron chi connectivity index (χ4n) is 8.75. The first-order valence-electron chi connectivity index (χ1n) is 11.8. The molecule has 5 nitrogen and oxygen atoms in total. The van der Waals surface area contributed by atoms with E-state index in [1.165, 1.54) is 0 Å². The van der Waals surface area contributed by atoms with Crippen molar-refractivity contribution in [3.63, 3.8) is 0 Å². The van der Waals surface area contributed by atoms with Crippen LogP contribution >= 0.6 is 11.8 Å². The summed E-state index contributed by atoms with van der Waals surface area (Å²) in [6.07, 6.45) is 7.76. The Kier molecular flexibility index (Phi) is 4.76. The molecule has 0 unspecified atom stereocenters. The third-order valence-corrected chi connectivity index (χ3v) is 11.7. The van der Waals surface area contributed by atoms with Crippen LogP contribution < -0.4 is 5.32 Å². The van der Waals surface area contributed by atoms with Crippen LogP contribution in [-0.2, 0) is 14.4 Å². The van der Waals surface area contributed by atoms with E-state index in [0.717, 1.165) is 44.9 Å². The van der Waals surface area contributed by atoms with Crippen LogP contribution in [0.2, 0.25) is 0 Å². The van der Waals surface area contributed by atoms with Crippen molar-refractivity contribution in [3.8, 4) is 0 Å². The van der Waals surface area contributed by atoms with Crippen LogP contribution in [0, 0.1) is 40.4 Å². The van der Waals surface area contributed by atoms with Crippen molar-refractivity contribution < 1.29 is 19.5 Å². The van der Waals surface area contributed by atoms with Crippen LogP contribution in [0.5, 0.6) is 0 Å². The van der Waals surface area contributed by atoms with E-state index in [1.807, 2.05) is 0 Å². The fraction of sp³-hybridized carbons (Fsp3) is 0.875. The number of hydrogen-bond acceptors (Lipinski definition) is 5. The smallest absolute Gasteiger partial charge is 0.321 e. The number of hydrogen-bond donors (Lipinski definition) is 2. The van der Waals surface area contributed by atoms with Crippen molar-refractivity contribution >= 4 is 29.3 Å². The molecule has 1 heterocycles. The first-order chi connectivity index (χ1) is 14.1. The van der Waals surface area contributed by atoms with Gasteiger partial charge in [-0.3, -0.25) is 19.7 Å². The number of carbonyl (C=O) groups is 3. The molecule has 1 aliphatic heterocycles. The van der Waals surface area contributed by atoms with Gasteiger partial charge in [-0.05, 0) is 80.5 Å². The standard InChI is InChI=1S/C24H35NO4S/c1-13(26)16-6-7-17-15-5-4-14-10-24(25-18(12-30-24)21(28)29)9-8-22(14,2)20(15)19(27)11-23(16,17)3/h14-18,20,25H,4-12H2,1-3H3,(H,28,29)/t14-,15-,16+,17-,18-,20+,22-,23+,24+/m0/s1. The Morgan fingerprint density at radius 3 is 2.53 bits per heavy atom. The minimum Gasteiger partial charge on any atom is -0.480 e. The van der Waals surface area contributed by atoms with Crippen LogP contribution in [-0.4, -0.2) is 39.3 Å². The maximum absolute atomic E-state index is 13.6. The van der Waals surface area contributed by atoms with Crippen LogP contribution in [0.25, 0.3) is 0 Å². The largest absolute Gasteiger partial charge is 0.480 e. The van der Waals surface area contributed by atoms with Gasteiger partial charge in [0.05, 0.1) is 4.87 Å². The molecule has 1 spiro atoms. The molecule has 0 aromatic heterocycles. The molecule has 0 radical (unpaired) electrons. The molecule has 166 valence electrons. The lowest BCUT2D eigenvalue weighted by Crippen LogP contribution is -2.60. The van der Waals surface area contributed by atoms with Crippen molar-refractivity contribution in [1.82, 2.24) is 5.32 Å². The lowest BCUT2D eigenvalue weighted by molar-refractivity contribution is -0.159. The third kappa shape index (κ3) is 2.81. The van der Waals surface area contributed by atoms with Gasteiger partial charge in [0, 0.05) is 24.0 Å². The highest BCUT2D eigenvalue weighted by atomic mass is 32.2. The molecular weight excluding hydrogens is 398 g/mol. The molecule has 4 saturated carbocycles. The van der Waals surface area contributed by atoms with Crippen molar-refractivity contribution in [2.75, 3.05) is 5.75 Å². The zero-order chi connectivity index (χ0) is 21.5. The van der Waals surface area contributed by atoms with Gasteiger partial charge in [-0.15, -0.1) is 11.8 Å². The maximum Gasteiger partial charge on any atom is 0.321 e. The summed E-state index contributed by atoms with van der Waals surface area (Å²) >= 11 is 1.79. The van der Waals surface area contributed by atoms with Gasteiger partial charge in [0.15, 0.2) is 0 Å². The first kappa shape index (κ1) is 21.0. The molecule has 6 heteroatoms. The lowest BCUT2D eigenvalue weighted by atomic mass is 9.44. The molecule has 0 aromatic carbocycles. The number of carboxylic acids is 1. The van der Waals surface area contributed by atoms with Crippen molar-refractivity contribution in [2.45, 2.75) is 83.1 Å². The van der Waals surface area contributed by atoms with E-state index in [2.05, 4.69) is 19.2 Å². The van der Waals surface area contributed by atoms with E-state index in [4.69, 9.17) is 0 Å². The number of nitrogens with one attached hydrogen (secondary N) is 1. The molecule has 0 aromatic rings. The van der Waals surface area contributed by atoms with Gasteiger partial charge in [-0.1, -0.05) is 13.8 Å². The number of thioether (sulfide) groups is 1. The normalized spacial score (nSPS) is 52.6. The van der Waals surface area contributed by atoms with Crippen LogP contribution in [0.3, 0.4) is 0 Å². The van der Waals surface area contributed by atoms with Crippen LogP contribution in [0.1, 0.15) is 72.1 Å². The van der Waals surface area contributed by atoms with Crippen LogP contribution in [0.15, 0.2) is 0 Å². The zero-order valence-electron chi connectivity index (χ0n) is 18.4. The third-order valence-electron chi connectivity index (χ3n) is 10.1. The van der Waals surface area contributed by atoms with Gasteiger partial charge in [-0.25, -0.2) is 0 Å². The molecule has 4 aliphatic carbocycles. The average molecular weight is 434 g/mol. The molecule has 5 fully saturated rings. The van der Waals surface area contributed by atoms with Gasteiger partial charge in [-0.2, -0.15) is 0 Å². The summed E-state index contributed by atoms with van der Waals surface area (Å²) in [5.74, 6) is 2.13. The molecule has 5 rings (SSSR count). The second kappa shape index (κ2) is 6.81. The Bertz CT molecular complexity index is 800. The highest BCUT2D eigenvalue weighted by Gasteiger charge is 2.65. The Labute approximate surface area is 183 Å². The van der Waals surface area contributed by atoms with E-state index < -0.39 is 12.0 Å². The lowest BCUT2D eigenvalue weighted by Gasteiger charge is -2.61. The molecule has 5 aliphatic rings. The quantitative estimate of drug-likeness (QED) is 0.687. The first-order valence-corrected chi connectivity index (χ1v) is 12.8. The van der Waals surface area contributed by atoms with Gasteiger partial charge in [0.2, 0.25) is 0 Å². The van der Waals surface area contributed by atoms with Crippen molar-refractivity contribution in [1.29, 1.82) is 0 Å². The molecule has 1 saturated heterocycles. The summed E-state index contributed by atoms with van der Waals surface area (Å²) in [6.45, 7) is 6.29. The van der Waals surface area contributed by atoms with Crippen LogP contribution in [0.4, 0.5) is 0 Å². The topological polar surface area (TPSA) is 83.5 Å². The molecule has 30 heavy (non-hydrogen) atoms. The number of ketones is 2. The summed E-state index contributed by atoms with van der Waals surface area (Å²) in [6, 6.07) is -0.449. The van der Waals surface area contributed by atoms with E-state index in [-0.39, 0.29) is 33.3 Å². The second-order valence-electron chi connectivity index (χ2n) is 11.5. The Balaban J connectivity index is 1.40. The van der Waals surface area contributed by atoms with E-state index in [9.17, 15) is 19.5 Å². The van der Waals surface area contributed by atoms with Crippen molar-refractivity contribution in [2.24, 2.45) is 40.4 Å². The Hall–Kier alpha value is -0.880. The SMILES string of the molecule is CC(=O)[C@H]1CC[C@H]2[C@@H]3CC[C@H]4C[C@]5(CC[C@]4(C)[C@H]3C(=O)C[C@]12C)N[C@H](C(=O)O)CS5. The fourth-order valence-corrected chi connectivity index (χ4v) is 10.3. The van der Waals surface area contributed by atoms with E-state index in [1.54, 1.807) is 18.7 Å². The summed E-state index contributed by atoms with van der Waals surface area (Å²) in [5.41, 5.74) is -0.120. The van der Waals surface area contributed by atoms with Gasteiger partial charge in [0.25, 0.3) is 0 Å². The molecule has 0 bridgehead atoms. The minimum absolute atomic E-state index is 0.0183. The number of rotatable bonds is 2. The second-order valence-corrected chi connectivity index (χ2v) is 12.9. The molecular formula is C24H35NO4S. The minimum atomic E-state index is -0.751. The van der Waals surface area contributed by atoms with E-state index >= 15 is 0 Å². The summed E-state index contributed by atoms with van der Waals surface area (Å²) in [7, 11) is 0. The number of Topliss-reactive ketones (excluding diaryl/α,β-unsaturated/α-hetero) is 2. The molecule has 9 atom stereocenters. The number of carboxylic acid groups (broad SMARTS) is 1. The Morgan fingerprint density at radius 1 is 1.10 bits per heavy atom. The van der Waals surface area contributed by atoms with Gasteiger partial charge in [0.1, 0.15) is 17.6 Å². The highest BCUT2D eigenvalue weighted by molar-refractivity contribution is 8.01. The zero-order valence-corrected chi connectivity index (χ0v) is 19.2. The number of aliphatic carboxylic acids is 1. The van der Waals surface area contributed by atoms with Gasteiger partial charge < -0.3 is 5.11 Å². The predicted octanol–water partition coefficient (Wildman–Crippen LogP) is 3.90. The maximum atomic E-state index is 13.6. The van der Waals surface area contributed by atoms with E-state index in [0.29, 0.717) is 35.7 Å². The Morgan fingerprint density at radius 2 is 1.87 bits per heavy atom. The summed E-state index contributed by atoms with van der Waals surface area (Å²) < 4.78 is 0. The molecule has 2 N–H and O–H groups in total.